The normalized spacial score (nSPS) is 9.78. The zero-order valence-electron chi connectivity index (χ0n) is 11.1. The molecule has 0 spiro atoms. The van der Waals surface area contributed by atoms with E-state index in [4.69, 9.17) is 4.74 Å². The van der Waals surface area contributed by atoms with Gasteiger partial charge in [0.25, 0.3) is 0 Å². The molecule has 0 saturated heterocycles. The van der Waals surface area contributed by atoms with Gasteiger partial charge in [-0.1, -0.05) is 11.6 Å². The Kier molecular flexibility index (Phi) is 4.77. The molecule has 0 unspecified atom stereocenters. The molecule has 4 heteroatoms. The average Bonchev–Trinajstić information content (AvgIpc) is 2.35. The number of phenolic OH excluding ortho intramolecular Hbond substituents is 1. The number of ether oxygens (including phenoxy) is 2. The second-order valence-corrected chi connectivity index (χ2v) is 4.16. The Labute approximate surface area is 107 Å². The summed E-state index contributed by atoms with van der Waals surface area (Å²) in [5, 5.41) is 9.73. The van der Waals surface area contributed by atoms with Crippen molar-refractivity contribution >= 4 is 5.97 Å². The van der Waals surface area contributed by atoms with Crippen molar-refractivity contribution in [2.24, 2.45) is 0 Å². The first kappa shape index (κ1) is 14.1. The van der Waals surface area contributed by atoms with Crippen LogP contribution in [0.1, 0.15) is 29.8 Å². The van der Waals surface area contributed by atoms with Crippen molar-refractivity contribution in [1.29, 1.82) is 0 Å². The van der Waals surface area contributed by atoms with E-state index in [0.717, 1.165) is 5.56 Å². The van der Waals surface area contributed by atoms with Crippen molar-refractivity contribution in [3.63, 3.8) is 0 Å². The Bertz CT molecular complexity index is 471. The molecule has 0 aliphatic carbocycles. The smallest absolute Gasteiger partial charge is 0.341 e. The molecule has 0 atom stereocenters. The lowest BCUT2D eigenvalue weighted by molar-refractivity contribution is 0.0597. The molecule has 1 rings (SSSR count). The first-order valence-corrected chi connectivity index (χ1v) is 5.61. The van der Waals surface area contributed by atoms with Crippen LogP contribution in [0.4, 0.5) is 0 Å². The van der Waals surface area contributed by atoms with Gasteiger partial charge in [0.1, 0.15) is 17.1 Å². The van der Waals surface area contributed by atoms with E-state index in [-0.39, 0.29) is 11.3 Å². The number of hydrogen-bond acceptors (Lipinski definition) is 4. The number of carbonyl (C=O) groups excluding carboxylic acids is 1. The quantitative estimate of drug-likeness (QED) is 0.659. The summed E-state index contributed by atoms with van der Waals surface area (Å²) in [4.78, 5) is 11.5. The molecular weight excluding hydrogens is 232 g/mol. The van der Waals surface area contributed by atoms with Crippen LogP contribution in [0.25, 0.3) is 0 Å². The van der Waals surface area contributed by atoms with Crippen LogP contribution in [-0.4, -0.2) is 25.3 Å². The molecule has 0 amide bonds. The maximum absolute atomic E-state index is 11.5. The van der Waals surface area contributed by atoms with Crippen LogP contribution in [0.15, 0.2) is 23.8 Å². The van der Waals surface area contributed by atoms with Crippen LogP contribution in [-0.2, 0) is 11.2 Å². The van der Waals surface area contributed by atoms with Gasteiger partial charge in [-0.05, 0) is 31.9 Å². The third-order valence-electron chi connectivity index (χ3n) is 2.53. The van der Waals surface area contributed by atoms with E-state index in [0.29, 0.717) is 12.2 Å². The lowest BCUT2D eigenvalue weighted by atomic mass is 10.0. The highest BCUT2D eigenvalue weighted by Gasteiger charge is 2.15. The summed E-state index contributed by atoms with van der Waals surface area (Å²) in [6, 6.07) is 3.03. The predicted octanol–water partition coefficient (Wildman–Crippen LogP) is 2.70. The summed E-state index contributed by atoms with van der Waals surface area (Å²) in [6.07, 6.45) is 2.66. The topological polar surface area (TPSA) is 55.8 Å². The van der Waals surface area contributed by atoms with E-state index in [1.54, 1.807) is 6.07 Å². The van der Waals surface area contributed by atoms with Crippen LogP contribution >= 0.6 is 0 Å². The molecule has 0 aliphatic heterocycles. The third kappa shape index (κ3) is 3.26. The van der Waals surface area contributed by atoms with Crippen LogP contribution in [0.3, 0.4) is 0 Å². The summed E-state index contributed by atoms with van der Waals surface area (Å²) in [5.74, 6) is -0.147. The minimum Gasteiger partial charge on any atom is -0.507 e. The molecular formula is C14H18O4. The summed E-state index contributed by atoms with van der Waals surface area (Å²) in [6.45, 7) is 3.99. The van der Waals surface area contributed by atoms with E-state index in [1.807, 2.05) is 19.9 Å². The Morgan fingerprint density at radius 1 is 1.33 bits per heavy atom. The van der Waals surface area contributed by atoms with E-state index in [2.05, 4.69) is 4.74 Å². The van der Waals surface area contributed by atoms with E-state index in [9.17, 15) is 9.90 Å². The SMILES string of the molecule is COC(=O)c1cc(CC=C(C)C)c(OC)cc1O. The number of hydrogen-bond donors (Lipinski definition) is 1. The number of allylic oxidation sites excluding steroid dienone is 2. The van der Waals surface area contributed by atoms with Gasteiger partial charge in [0, 0.05) is 6.07 Å². The van der Waals surface area contributed by atoms with E-state index < -0.39 is 5.97 Å². The van der Waals surface area contributed by atoms with Crippen molar-refractivity contribution in [1.82, 2.24) is 0 Å². The first-order valence-electron chi connectivity index (χ1n) is 5.61. The largest absolute Gasteiger partial charge is 0.507 e. The number of methoxy groups -OCH3 is 2. The Hall–Kier alpha value is -1.97. The number of esters is 1. The third-order valence-corrected chi connectivity index (χ3v) is 2.53. The second-order valence-electron chi connectivity index (χ2n) is 4.16. The van der Waals surface area contributed by atoms with Crippen LogP contribution in [0, 0.1) is 0 Å². The first-order chi connectivity index (χ1) is 8.49. The second kappa shape index (κ2) is 6.10. The maximum Gasteiger partial charge on any atom is 0.341 e. The zero-order valence-corrected chi connectivity index (χ0v) is 11.1. The van der Waals surface area contributed by atoms with Gasteiger partial charge in [-0.25, -0.2) is 4.79 Å². The lowest BCUT2D eigenvalue weighted by Gasteiger charge is -2.10. The van der Waals surface area contributed by atoms with Crippen LogP contribution in [0.5, 0.6) is 11.5 Å². The highest BCUT2D eigenvalue weighted by molar-refractivity contribution is 5.93. The molecule has 0 aromatic heterocycles. The van der Waals surface area contributed by atoms with Gasteiger partial charge in [-0.2, -0.15) is 0 Å². The van der Waals surface area contributed by atoms with Crippen molar-refractivity contribution in [2.45, 2.75) is 20.3 Å². The zero-order chi connectivity index (χ0) is 13.7. The highest BCUT2D eigenvalue weighted by Crippen LogP contribution is 2.29. The Morgan fingerprint density at radius 3 is 2.50 bits per heavy atom. The standard InChI is InChI=1S/C14H18O4/c1-9(2)5-6-10-7-11(14(16)18-4)12(15)8-13(10)17-3/h5,7-8,15H,6H2,1-4H3. The number of carbonyl (C=O) groups is 1. The van der Waals surface area contributed by atoms with E-state index in [1.165, 1.54) is 25.9 Å². The molecule has 4 nitrogen and oxygen atoms in total. The Morgan fingerprint density at radius 2 is 2.00 bits per heavy atom. The van der Waals surface area contributed by atoms with Gasteiger partial charge < -0.3 is 14.6 Å². The van der Waals surface area contributed by atoms with Gasteiger partial charge in [-0.3, -0.25) is 0 Å². The minimum absolute atomic E-state index is 0.139. The predicted molar refractivity (Wildman–Crippen MR) is 69.1 cm³/mol. The van der Waals surface area contributed by atoms with Gasteiger partial charge in [-0.15, -0.1) is 0 Å². The molecule has 18 heavy (non-hydrogen) atoms. The molecule has 1 aromatic rings. The number of aromatic hydroxyl groups is 1. The molecule has 1 aromatic carbocycles. The minimum atomic E-state index is -0.561. The fraction of sp³-hybridized carbons (Fsp3) is 0.357. The summed E-state index contributed by atoms with van der Waals surface area (Å²) >= 11 is 0. The average molecular weight is 250 g/mol. The van der Waals surface area contributed by atoms with Crippen molar-refractivity contribution < 1.29 is 19.4 Å². The van der Waals surface area contributed by atoms with Crippen molar-refractivity contribution in [3.8, 4) is 11.5 Å². The number of benzene rings is 1. The molecule has 0 aliphatic rings. The fourth-order valence-electron chi connectivity index (χ4n) is 1.55. The van der Waals surface area contributed by atoms with Crippen molar-refractivity contribution in [3.05, 3.63) is 34.9 Å². The monoisotopic (exact) mass is 250 g/mol. The lowest BCUT2D eigenvalue weighted by Crippen LogP contribution is -2.03. The summed E-state index contributed by atoms with van der Waals surface area (Å²) in [7, 11) is 2.81. The highest BCUT2D eigenvalue weighted by atomic mass is 16.5. The molecule has 0 bridgehead atoms. The van der Waals surface area contributed by atoms with Gasteiger partial charge in [0.15, 0.2) is 0 Å². The number of rotatable bonds is 4. The Balaban J connectivity index is 3.21. The van der Waals surface area contributed by atoms with Crippen molar-refractivity contribution in [2.75, 3.05) is 14.2 Å². The van der Waals surface area contributed by atoms with Gasteiger partial charge >= 0.3 is 5.97 Å². The van der Waals surface area contributed by atoms with Crippen LogP contribution in [0.2, 0.25) is 0 Å². The maximum atomic E-state index is 11.5. The van der Waals surface area contributed by atoms with Gasteiger partial charge in [0.05, 0.1) is 14.2 Å². The molecule has 0 saturated carbocycles. The molecule has 0 radical (unpaired) electrons. The molecule has 98 valence electrons. The van der Waals surface area contributed by atoms with Gasteiger partial charge in [0.2, 0.25) is 0 Å². The number of phenols is 1. The molecule has 0 heterocycles. The fourth-order valence-corrected chi connectivity index (χ4v) is 1.55. The molecule has 1 N–H and O–H groups in total. The summed E-state index contributed by atoms with van der Waals surface area (Å²) in [5.41, 5.74) is 2.15. The summed E-state index contributed by atoms with van der Waals surface area (Å²) < 4.78 is 9.80. The van der Waals surface area contributed by atoms with E-state index >= 15 is 0 Å². The van der Waals surface area contributed by atoms with Crippen LogP contribution < -0.4 is 4.74 Å². The molecule has 0 fully saturated rings.